The molecule has 7 rings (SSSR count). The number of alkyl carbamates (subject to hydrolysis) is 1. The number of carbonyl (C=O) groups excluding carboxylic acids is 3. The molecule has 0 unspecified atom stereocenters. The molecule has 0 radical (unpaired) electrons. The SMILES string of the molecule is CCCCOc1noc2c1C(=O)[C@@]1(O)C(O)=C3C(=O)c4c(c(N(C)C)cc(N(Cc5ccccc5)Cc5ccccc5)c4OCCCC)C[C@H]3[C@H](NC(=O)OC)[C@H]1[C@@H]2N(C)C. The average Bonchev–Trinajstić information content (AvgIpc) is 3.67. The van der Waals surface area contributed by atoms with Crippen molar-refractivity contribution >= 4 is 29.0 Å². The summed E-state index contributed by atoms with van der Waals surface area (Å²) in [7, 11) is 8.49. The number of hydrogen-bond acceptors (Lipinski definition) is 13. The largest absolute Gasteiger partial charge is 0.508 e. The number of nitrogens with one attached hydrogen (secondary N) is 1. The van der Waals surface area contributed by atoms with E-state index in [1.54, 1.807) is 19.0 Å². The van der Waals surface area contributed by atoms with Crippen LogP contribution in [0.2, 0.25) is 0 Å². The first-order valence-corrected chi connectivity index (χ1v) is 21.1. The number of rotatable bonds is 16. The van der Waals surface area contributed by atoms with Crippen molar-refractivity contribution in [3.05, 3.63) is 112 Å². The van der Waals surface area contributed by atoms with Crippen molar-refractivity contribution in [1.29, 1.82) is 0 Å². The molecule has 0 saturated carbocycles. The molecule has 4 aromatic rings. The Morgan fingerprint density at radius 3 is 2.07 bits per heavy atom. The number of aliphatic hydroxyl groups is 2. The maximum absolute atomic E-state index is 15.7. The zero-order valence-electron chi connectivity index (χ0n) is 36.1. The van der Waals surface area contributed by atoms with Crippen LogP contribution in [0.1, 0.15) is 88.7 Å². The zero-order valence-corrected chi connectivity index (χ0v) is 36.1. The highest BCUT2D eigenvalue weighted by Crippen LogP contribution is 2.58. The van der Waals surface area contributed by atoms with Gasteiger partial charge >= 0.3 is 6.09 Å². The number of ether oxygens (including phenoxy) is 3. The van der Waals surface area contributed by atoms with E-state index < -0.39 is 52.9 Å². The number of methoxy groups -OCH3 is 1. The van der Waals surface area contributed by atoms with Gasteiger partial charge in [0.1, 0.15) is 11.3 Å². The molecule has 3 aliphatic rings. The number of benzene rings is 3. The summed E-state index contributed by atoms with van der Waals surface area (Å²) in [5.74, 6) is -4.21. The number of fused-ring (bicyclic) bond motifs is 4. The second kappa shape index (κ2) is 18.0. The third-order valence-electron chi connectivity index (χ3n) is 12.2. The number of carbonyl (C=O) groups is 3. The Balaban J connectivity index is 1.48. The monoisotopic (exact) mass is 835 g/mol. The van der Waals surface area contributed by atoms with Crippen LogP contribution in [0.5, 0.6) is 11.6 Å². The van der Waals surface area contributed by atoms with Crippen molar-refractivity contribution in [3.8, 4) is 11.6 Å². The van der Waals surface area contributed by atoms with Crippen LogP contribution >= 0.6 is 0 Å². The first kappa shape index (κ1) is 43.2. The minimum Gasteiger partial charge on any atom is -0.508 e. The molecule has 3 aliphatic carbocycles. The Labute approximate surface area is 357 Å². The molecule has 61 heavy (non-hydrogen) atoms. The van der Waals surface area contributed by atoms with E-state index in [4.69, 9.17) is 18.7 Å². The molecule has 1 aromatic heterocycles. The van der Waals surface area contributed by atoms with Crippen molar-refractivity contribution in [2.45, 2.75) is 76.7 Å². The maximum atomic E-state index is 15.7. The summed E-state index contributed by atoms with van der Waals surface area (Å²) in [5, 5.41) is 32.7. The lowest BCUT2D eigenvalue weighted by Gasteiger charge is -2.53. The highest BCUT2D eigenvalue weighted by molar-refractivity contribution is 6.17. The summed E-state index contributed by atoms with van der Waals surface area (Å²) in [6.45, 7) is 5.55. The van der Waals surface area contributed by atoms with Gasteiger partial charge in [0.05, 0.1) is 37.6 Å². The normalized spacial score (nSPS) is 21.6. The topological polar surface area (TPSA) is 167 Å². The molecule has 1 amide bonds. The fraction of sp³-hybridized carbons (Fsp3) is 0.447. The Morgan fingerprint density at radius 2 is 1.51 bits per heavy atom. The van der Waals surface area contributed by atoms with Crippen LogP contribution in [0.15, 0.2) is 82.6 Å². The van der Waals surface area contributed by atoms with Crippen molar-refractivity contribution in [1.82, 2.24) is 15.4 Å². The number of nitrogens with zero attached hydrogens (tertiary/aromatic N) is 4. The van der Waals surface area contributed by atoms with Crippen LogP contribution in [0, 0.1) is 11.8 Å². The second-order valence-corrected chi connectivity index (χ2v) is 16.5. The highest BCUT2D eigenvalue weighted by Gasteiger charge is 2.67. The molecule has 0 spiro atoms. The van der Waals surface area contributed by atoms with E-state index in [9.17, 15) is 19.8 Å². The molecule has 0 aliphatic heterocycles. The molecule has 14 heteroatoms. The molecule has 5 atom stereocenters. The van der Waals surface area contributed by atoms with Crippen molar-refractivity contribution in [2.24, 2.45) is 11.8 Å². The van der Waals surface area contributed by atoms with Gasteiger partial charge < -0.3 is 44.1 Å². The summed E-state index contributed by atoms with van der Waals surface area (Å²) in [4.78, 5) is 49.8. The third kappa shape index (κ3) is 7.83. The predicted octanol–water partition coefficient (Wildman–Crippen LogP) is 7.06. The van der Waals surface area contributed by atoms with Gasteiger partial charge in [0.25, 0.3) is 5.88 Å². The third-order valence-corrected chi connectivity index (χ3v) is 12.2. The molecule has 3 aromatic carbocycles. The van der Waals surface area contributed by atoms with E-state index >= 15 is 4.79 Å². The summed E-state index contributed by atoms with van der Waals surface area (Å²) < 4.78 is 23.6. The molecular weight excluding hydrogens is 779 g/mol. The number of aliphatic hydroxyl groups excluding tert-OH is 1. The van der Waals surface area contributed by atoms with E-state index in [1.807, 2.05) is 68.4 Å². The number of aromatic nitrogens is 1. The van der Waals surface area contributed by atoms with Crippen LogP contribution < -0.4 is 24.6 Å². The fourth-order valence-electron chi connectivity index (χ4n) is 9.23. The molecular formula is C47H57N5O9. The molecule has 14 nitrogen and oxygen atoms in total. The standard InChI is InChI=1S/C47H57N5O9/c1-8-10-22-59-41-33(52(26-28-18-14-12-15-19-28)27-29-20-16-13-17-21-29)25-32(50(3)4)30-24-31-35(40(53)34(30)41)43(54)47(57)37(38(31)48-46(56)58-7)39(51(5)6)42-36(44(47)55)45(49-61-42)60-23-11-9-2/h12-21,25,31,37-39,54,57H,8-11,22-24,26-27H2,1-7H3,(H,48,56)/t31-,37+,38+,39+,47+/m1/s1. The smallest absolute Gasteiger partial charge is 0.407 e. The van der Waals surface area contributed by atoms with Gasteiger partial charge in [-0.3, -0.25) is 14.5 Å². The maximum Gasteiger partial charge on any atom is 0.407 e. The number of unbranched alkanes of at least 4 members (excludes halogenated alkanes) is 2. The van der Waals surface area contributed by atoms with E-state index in [-0.39, 0.29) is 41.4 Å². The number of hydrogen-bond donors (Lipinski definition) is 3. The van der Waals surface area contributed by atoms with Crippen LogP contribution in [-0.4, -0.2) is 98.1 Å². The molecule has 324 valence electrons. The van der Waals surface area contributed by atoms with Crippen LogP contribution in [-0.2, 0) is 24.2 Å². The van der Waals surface area contributed by atoms with Gasteiger partial charge in [-0.15, -0.1) is 0 Å². The quantitative estimate of drug-likeness (QED) is 0.0984. The first-order valence-electron chi connectivity index (χ1n) is 21.1. The summed E-state index contributed by atoms with van der Waals surface area (Å²) in [6, 6.07) is 20.1. The highest BCUT2D eigenvalue weighted by atomic mass is 16.5. The van der Waals surface area contributed by atoms with Gasteiger partial charge in [-0.1, -0.05) is 87.4 Å². The van der Waals surface area contributed by atoms with Crippen LogP contribution in [0.25, 0.3) is 0 Å². The zero-order chi connectivity index (χ0) is 43.6. The number of anilines is 2. The second-order valence-electron chi connectivity index (χ2n) is 16.5. The van der Waals surface area contributed by atoms with Gasteiger partial charge in [-0.2, -0.15) is 0 Å². The molecule has 0 bridgehead atoms. The Kier molecular flexibility index (Phi) is 12.8. The van der Waals surface area contributed by atoms with Crippen LogP contribution in [0.3, 0.4) is 0 Å². The van der Waals surface area contributed by atoms with Gasteiger partial charge in [0.15, 0.2) is 22.9 Å². The van der Waals surface area contributed by atoms with E-state index in [0.29, 0.717) is 49.5 Å². The van der Waals surface area contributed by atoms with Crippen molar-refractivity contribution in [2.75, 3.05) is 58.3 Å². The Bertz CT molecular complexity index is 2230. The lowest BCUT2D eigenvalue weighted by atomic mass is 9.56. The lowest BCUT2D eigenvalue weighted by molar-refractivity contribution is -0.0689. The van der Waals surface area contributed by atoms with E-state index in [0.717, 1.165) is 29.7 Å². The number of amides is 1. The molecule has 3 N–H and O–H groups in total. The minimum absolute atomic E-state index is 0.117. The van der Waals surface area contributed by atoms with Crippen LogP contribution in [0.4, 0.5) is 16.2 Å². The fourth-order valence-corrected chi connectivity index (χ4v) is 9.23. The molecule has 1 heterocycles. The summed E-state index contributed by atoms with van der Waals surface area (Å²) in [6.07, 6.45) is 2.32. The first-order chi connectivity index (χ1) is 29.4. The molecule has 0 fully saturated rings. The summed E-state index contributed by atoms with van der Waals surface area (Å²) >= 11 is 0. The van der Waals surface area contributed by atoms with E-state index in [2.05, 4.69) is 46.6 Å². The Morgan fingerprint density at radius 1 is 0.902 bits per heavy atom. The molecule has 0 saturated heterocycles. The van der Waals surface area contributed by atoms with Crippen molar-refractivity contribution in [3.63, 3.8) is 0 Å². The summed E-state index contributed by atoms with van der Waals surface area (Å²) in [5.41, 5.74) is 1.32. The predicted molar refractivity (Wildman–Crippen MR) is 231 cm³/mol. The van der Waals surface area contributed by atoms with Gasteiger partial charge in [-0.05, 0) is 61.3 Å². The minimum atomic E-state index is -2.72. The van der Waals surface area contributed by atoms with Gasteiger partial charge in [-0.25, -0.2) is 4.79 Å². The Hall–Kier alpha value is -5.86. The van der Waals surface area contributed by atoms with Gasteiger partial charge in [0, 0.05) is 56.3 Å². The van der Waals surface area contributed by atoms with E-state index in [1.165, 1.54) is 7.11 Å². The number of ketones is 2. The van der Waals surface area contributed by atoms with Crippen molar-refractivity contribution < 1.29 is 43.3 Å². The average molecular weight is 836 g/mol. The number of Topliss-reactive ketones (excluding diaryl/α,β-unsaturated/α-hetero) is 2. The lowest BCUT2D eigenvalue weighted by Crippen LogP contribution is -2.68. The van der Waals surface area contributed by atoms with Gasteiger partial charge in [0.2, 0.25) is 5.78 Å².